The third-order valence-electron chi connectivity index (χ3n) is 4.01. The van der Waals surface area contributed by atoms with Gasteiger partial charge in [-0.3, -0.25) is 0 Å². The molecule has 0 spiro atoms. The summed E-state index contributed by atoms with van der Waals surface area (Å²) < 4.78 is 0. The van der Waals surface area contributed by atoms with Crippen LogP contribution in [-0.4, -0.2) is 4.99 Å². The lowest BCUT2D eigenvalue weighted by atomic mass is 9.93. The van der Waals surface area contributed by atoms with Gasteiger partial charge in [0.25, 0.3) is 0 Å². The summed E-state index contributed by atoms with van der Waals surface area (Å²) in [7, 11) is 0. The van der Waals surface area contributed by atoms with Gasteiger partial charge in [0.2, 0.25) is 0 Å². The van der Waals surface area contributed by atoms with Crippen LogP contribution in [0.25, 0.3) is 0 Å². The standard InChI is InChI=1S/C15H29NS/c16-15(17)14-12-10-8-6-4-2-1-3-5-7-9-11-13-14/h14H,1-13H2,(H2,16,17). The van der Waals surface area contributed by atoms with E-state index < -0.39 is 0 Å². The SMILES string of the molecule is NC(=S)C1CCCCCCCCCCCCC1. The van der Waals surface area contributed by atoms with E-state index in [4.69, 9.17) is 18.0 Å². The highest BCUT2D eigenvalue weighted by molar-refractivity contribution is 7.80. The van der Waals surface area contributed by atoms with Crippen molar-refractivity contribution in [2.45, 2.75) is 83.5 Å². The molecule has 2 heteroatoms. The monoisotopic (exact) mass is 255 g/mol. The molecule has 1 saturated carbocycles. The highest BCUT2D eigenvalue weighted by atomic mass is 32.1. The Morgan fingerprint density at radius 1 is 0.647 bits per heavy atom. The molecule has 0 aromatic rings. The van der Waals surface area contributed by atoms with E-state index in [0.717, 1.165) is 4.99 Å². The van der Waals surface area contributed by atoms with Gasteiger partial charge in [0, 0.05) is 5.92 Å². The number of thiocarbonyl (C=S) groups is 1. The van der Waals surface area contributed by atoms with Crippen molar-refractivity contribution < 1.29 is 0 Å². The normalized spacial score (nSPS) is 22.8. The average Bonchev–Trinajstić information content (AvgIpc) is 2.31. The van der Waals surface area contributed by atoms with E-state index in [0.29, 0.717) is 5.92 Å². The maximum Gasteiger partial charge on any atom is 0.0758 e. The van der Waals surface area contributed by atoms with Crippen LogP contribution in [0, 0.1) is 5.92 Å². The van der Waals surface area contributed by atoms with Crippen molar-refractivity contribution in [1.82, 2.24) is 0 Å². The summed E-state index contributed by atoms with van der Waals surface area (Å²) in [5.41, 5.74) is 5.83. The lowest BCUT2D eigenvalue weighted by Crippen LogP contribution is -2.21. The van der Waals surface area contributed by atoms with Gasteiger partial charge in [0.15, 0.2) is 0 Å². The van der Waals surface area contributed by atoms with E-state index in [9.17, 15) is 0 Å². The van der Waals surface area contributed by atoms with Gasteiger partial charge in [-0.05, 0) is 12.8 Å². The molecule has 0 aromatic heterocycles. The first-order valence-electron chi connectivity index (χ1n) is 7.60. The van der Waals surface area contributed by atoms with E-state index in [1.807, 2.05) is 0 Å². The predicted octanol–water partition coefficient (Wildman–Crippen LogP) is 4.97. The zero-order chi connectivity index (χ0) is 12.3. The summed E-state index contributed by atoms with van der Waals surface area (Å²) in [5.74, 6) is 0.521. The maximum atomic E-state index is 5.83. The molecule has 1 rings (SSSR count). The van der Waals surface area contributed by atoms with E-state index in [1.165, 1.54) is 83.5 Å². The Balaban J connectivity index is 2.26. The molecule has 0 saturated heterocycles. The Morgan fingerprint density at radius 2 is 0.941 bits per heavy atom. The van der Waals surface area contributed by atoms with E-state index >= 15 is 0 Å². The van der Waals surface area contributed by atoms with Crippen molar-refractivity contribution in [3.63, 3.8) is 0 Å². The lowest BCUT2D eigenvalue weighted by Gasteiger charge is -2.15. The molecule has 0 atom stereocenters. The van der Waals surface area contributed by atoms with E-state index in [2.05, 4.69) is 0 Å². The minimum atomic E-state index is 0.521. The van der Waals surface area contributed by atoms with Crippen molar-refractivity contribution >= 4 is 17.2 Å². The first-order chi connectivity index (χ1) is 8.30. The minimum Gasteiger partial charge on any atom is -0.393 e. The Kier molecular flexibility index (Phi) is 8.68. The Hall–Kier alpha value is -0.110. The third kappa shape index (κ3) is 7.75. The van der Waals surface area contributed by atoms with Crippen LogP contribution in [0.15, 0.2) is 0 Å². The molecule has 1 nitrogen and oxygen atoms in total. The first-order valence-corrected chi connectivity index (χ1v) is 8.01. The van der Waals surface area contributed by atoms with Gasteiger partial charge in [0.05, 0.1) is 4.99 Å². The number of hydrogen-bond donors (Lipinski definition) is 1. The molecule has 2 N–H and O–H groups in total. The van der Waals surface area contributed by atoms with Gasteiger partial charge >= 0.3 is 0 Å². The Bertz CT molecular complexity index is 189. The van der Waals surface area contributed by atoms with Crippen LogP contribution in [0.4, 0.5) is 0 Å². The van der Waals surface area contributed by atoms with Crippen molar-refractivity contribution in [3.05, 3.63) is 0 Å². The zero-order valence-electron chi connectivity index (χ0n) is 11.3. The fourth-order valence-corrected chi connectivity index (χ4v) is 3.04. The largest absolute Gasteiger partial charge is 0.393 e. The lowest BCUT2D eigenvalue weighted by molar-refractivity contribution is 0.469. The third-order valence-corrected chi connectivity index (χ3v) is 4.34. The molecular formula is C15H29NS. The number of rotatable bonds is 1. The molecule has 17 heavy (non-hydrogen) atoms. The van der Waals surface area contributed by atoms with E-state index in [1.54, 1.807) is 0 Å². The molecule has 0 aromatic carbocycles. The molecule has 1 aliphatic carbocycles. The van der Waals surface area contributed by atoms with Crippen LogP contribution in [0.5, 0.6) is 0 Å². The van der Waals surface area contributed by atoms with Crippen LogP contribution in [0.3, 0.4) is 0 Å². The number of hydrogen-bond acceptors (Lipinski definition) is 1. The maximum absolute atomic E-state index is 5.83. The van der Waals surface area contributed by atoms with Crippen LogP contribution in [0.1, 0.15) is 83.5 Å². The van der Waals surface area contributed by atoms with Crippen LogP contribution < -0.4 is 5.73 Å². The molecule has 0 amide bonds. The second-order valence-corrected chi connectivity index (χ2v) is 6.04. The summed E-state index contributed by atoms with van der Waals surface area (Å²) in [6.45, 7) is 0. The van der Waals surface area contributed by atoms with Gasteiger partial charge < -0.3 is 5.73 Å². The molecule has 0 bridgehead atoms. The van der Waals surface area contributed by atoms with Crippen molar-refractivity contribution in [1.29, 1.82) is 0 Å². The second-order valence-electron chi connectivity index (χ2n) is 5.57. The minimum absolute atomic E-state index is 0.521. The van der Waals surface area contributed by atoms with Crippen LogP contribution >= 0.6 is 12.2 Å². The molecule has 0 heterocycles. The highest BCUT2D eigenvalue weighted by Gasteiger charge is 2.11. The summed E-state index contributed by atoms with van der Waals surface area (Å²) in [6.07, 6.45) is 17.9. The van der Waals surface area contributed by atoms with Gasteiger partial charge in [0.1, 0.15) is 0 Å². The highest BCUT2D eigenvalue weighted by Crippen LogP contribution is 2.20. The molecule has 1 aliphatic rings. The molecule has 1 fully saturated rings. The fraction of sp³-hybridized carbons (Fsp3) is 0.933. The summed E-state index contributed by atoms with van der Waals surface area (Å²) in [6, 6.07) is 0. The second kappa shape index (κ2) is 9.87. The smallest absolute Gasteiger partial charge is 0.0758 e. The quantitative estimate of drug-likeness (QED) is 0.669. The molecular weight excluding hydrogens is 226 g/mol. The van der Waals surface area contributed by atoms with Gasteiger partial charge in [-0.15, -0.1) is 0 Å². The van der Waals surface area contributed by atoms with Crippen LogP contribution in [-0.2, 0) is 0 Å². The Morgan fingerprint density at radius 3 is 1.24 bits per heavy atom. The van der Waals surface area contributed by atoms with E-state index in [-0.39, 0.29) is 0 Å². The fourth-order valence-electron chi connectivity index (χ4n) is 2.80. The van der Waals surface area contributed by atoms with Crippen molar-refractivity contribution in [2.24, 2.45) is 11.7 Å². The van der Waals surface area contributed by atoms with Crippen molar-refractivity contribution in [3.8, 4) is 0 Å². The molecule has 0 unspecified atom stereocenters. The summed E-state index contributed by atoms with van der Waals surface area (Å²) in [4.78, 5) is 0.761. The first kappa shape index (κ1) is 14.9. The molecule has 0 radical (unpaired) electrons. The summed E-state index contributed by atoms with van der Waals surface area (Å²) in [5, 5.41) is 0. The van der Waals surface area contributed by atoms with Crippen molar-refractivity contribution in [2.75, 3.05) is 0 Å². The zero-order valence-corrected chi connectivity index (χ0v) is 12.1. The predicted molar refractivity (Wildman–Crippen MR) is 80.3 cm³/mol. The average molecular weight is 255 g/mol. The topological polar surface area (TPSA) is 26.0 Å². The van der Waals surface area contributed by atoms with Gasteiger partial charge in [-0.2, -0.15) is 0 Å². The Labute approximate surface area is 113 Å². The molecule has 0 aliphatic heterocycles. The van der Waals surface area contributed by atoms with Gasteiger partial charge in [-0.25, -0.2) is 0 Å². The van der Waals surface area contributed by atoms with Gasteiger partial charge in [-0.1, -0.05) is 82.8 Å². The van der Waals surface area contributed by atoms with Crippen LogP contribution in [0.2, 0.25) is 0 Å². The summed E-state index contributed by atoms with van der Waals surface area (Å²) >= 11 is 5.18. The molecule has 100 valence electrons. The number of nitrogens with two attached hydrogens (primary N) is 1.